The third-order valence-corrected chi connectivity index (χ3v) is 4.87. The van der Waals surface area contributed by atoms with Crippen LogP contribution in [0.5, 0.6) is 0 Å². The SMILES string of the molecule is COCCCN1C=CNC1c1ccc(CN2CCOCC2)c(C(F)(F)F)c1. The second-order valence-electron chi connectivity index (χ2n) is 6.77. The van der Waals surface area contributed by atoms with Crippen molar-refractivity contribution >= 4 is 0 Å². The number of halogens is 3. The van der Waals surface area contributed by atoms with E-state index in [2.05, 4.69) is 5.32 Å². The molecular weight excluding hydrogens is 359 g/mol. The van der Waals surface area contributed by atoms with Gasteiger partial charge in [0.2, 0.25) is 0 Å². The summed E-state index contributed by atoms with van der Waals surface area (Å²) >= 11 is 0. The molecule has 1 atom stereocenters. The standard InChI is InChI=1S/C19H26F3N3O2/c1-26-10-2-6-25-7-5-23-18(25)15-3-4-16(17(13-15)19(20,21)22)14-24-8-11-27-12-9-24/h3-5,7,13,18,23H,2,6,8-12,14H2,1H3. The summed E-state index contributed by atoms with van der Waals surface area (Å²) < 4.78 is 51.5. The fourth-order valence-corrected chi connectivity index (χ4v) is 3.46. The first kappa shape index (κ1) is 20.0. The molecule has 8 heteroatoms. The summed E-state index contributed by atoms with van der Waals surface area (Å²) in [5, 5.41) is 3.14. The maximum absolute atomic E-state index is 13.7. The molecule has 0 saturated carbocycles. The van der Waals surface area contributed by atoms with Gasteiger partial charge in [0.1, 0.15) is 6.17 Å². The molecule has 0 spiro atoms. The Kier molecular flexibility index (Phi) is 6.62. The fraction of sp³-hybridized carbons (Fsp3) is 0.579. The molecule has 0 radical (unpaired) electrons. The highest BCUT2D eigenvalue weighted by Gasteiger charge is 2.35. The number of ether oxygens (including phenoxy) is 2. The van der Waals surface area contributed by atoms with Crippen LogP contribution in [0.3, 0.4) is 0 Å². The Labute approximate surface area is 157 Å². The second-order valence-corrected chi connectivity index (χ2v) is 6.77. The summed E-state index contributed by atoms with van der Waals surface area (Å²) in [6.07, 6.45) is -0.229. The molecule has 0 amide bonds. The van der Waals surface area contributed by atoms with Crippen molar-refractivity contribution in [3.05, 3.63) is 47.3 Å². The maximum Gasteiger partial charge on any atom is 0.416 e. The first-order valence-electron chi connectivity index (χ1n) is 9.16. The van der Waals surface area contributed by atoms with Crippen LogP contribution in [0.2, 0.25) is 0 Å². The van der Waals surface area contributed by atoms with E-state index in [4.69, 9.17) is 9.47 Å². The average molecular weight is 385 g/mol. The van der Waals surface area contributed by atoms with Crippen LogP contribution in [0.25, 0.3) is 0 Å². The number of alkyl halides is 3. The van der Waals surface area contributed by atoms with Crippen LogP contribution < -0.4 is 5.32 Å². The molecule has 1 aromatic carbocycles. The zero-order valence-corrected chi connectivity index (χ0v) is 15.5. The number of benzene rings is 1. The van der Waals surface area contributed by atoms with Crippen molar-refractivity contribution in [1.82, 2.24) is 15.1 Å². The highest BCUT2D eigenvalue weighted by Crippen LogP contribution is 2.35. The van der Waals surface area contributed by atoms with Crippen molar-refractivity contribution in [3.8, 4) is 0 Å². The molecule has 3 rings (SSSR count). The third-order valence-electron chi connectivity index (χ3n) is 4.87. The van der Waals surface area contributed by atoms with Crippen molar-refractivity contribution in [1.29, 1.82) is 0 Å². The molecule has 5 nitrogen and oxygen atoms in total. The molecule has 150 valence electrons. The van der Waals surface area contributed by atoms with E-state index >= 15 is 0 Å². The van der Waals surface area contributed by atoms with Crippen LogP contribution in [-0.4, -0.2) is 56.4 Å². The van der Waals surface area contributed by atoms with Crippen molar-refractivity contribution in [2.24, 2.45) is 0 Å². The Bertz CT molecular complexity index is 646. The van der Waals surface area contributed by atoms with Gasteiger partial charge >= 0.3 is 6.18 Å². The summed E-state index contributed by atoms with van der Waals surface area (Å²) in [5.41, 5.74) is 0.359. The number of hydrogen-bond donors (Lipinski definition) is 1. The van der Waals surface area contributed by atoms with Gasteiger partial charge in [-0.05, 0) is 23.6 Å². The van der Waals surface area contributed by atoms with Gasteiger partial charge in [-0.1, -0.05) is 12.1 Å². The van der Waals surface area contributed by atoms with Gasteiger partial charge in [0.25, 0.3) is 0 Å². The van der Waals surface area contributed by atoms with Gasteiger partial charge in [0, 0.05) is 52.3 Å². The topological polar surface area (TPSA) is 37.0 Å². The Morgan fingerprint density at radius 2 is 2.04 bits per heavy atom. The van der Waals surface area contributed by atoms with Crippen LogP contribution in [0.1, 0.15) is 29.3 Å². The monoisotopic (exact) mass is 385 g/mol. The normalized spacial score (nSPS) is 20.9. The second kappa shape index (κ2) is 8.95. The van der Waals surface area contributed by atoms with Gasteiger partial charge in [-0.2, -0.15) is 13.2 Å². The average Bonchev–Trinajstić information content (AvgIpc) is 3.11. The van der Waals surface area contributed by atoms with E-state index < -0.39 is 11.7 Å². The molecule has 1 saturated heterocycles. The minimum Gasteiger partial charge on any atom is -0.385 e. The highest BCUT2D eigenvalue weighted by molar-refractivity contribution is 5.36. The van der Waals surface area contributed by atoms with Gasteiger partial charge in [0.05, 0.1) is 18.8 Å². The molecule has 0 aliphatic carbocycles. The molecule has 1 N–H and O–H groups in total. The lowest BCUT2D eigenvalue weighted by Gasteiger charge is -2.29. The zero-order chi connectivity index (χ0) is 19.3. The Balaban J connectivity index is 1.78. The van der Waals surface area contributed by atoms with Gasteiger partial charge in [-0.25, -0.2) is 0 Å². The largest absolute Gasteiger partial charge is 0.416 e. The summed E-state index contributed by atoms with van der Waals surface area (Å²) in [7, 11) is 1.64. The number of hydrogen-bond acceptors (Lipinski definition) is 5. The first-order valence-corrected chi connectivity index (χ1v) is 9.16. The van der Waals surface area contributed by atoms with Gasteiger partial charge < -0.3 is 19.7 Å². The van der Waals surface area contributed by atoms with Crippen molar-refractivity contribution in [3.63, 3.8) is 0 Å². The summed E-state index contributed by atoms with van der Waals surface area (Å²) in [5.74, 6) is 0. The maximum atomic E-state index is 13.7. The van der Waals surface area contributed by atoms with Crippen molar-refractivity contribution in [2.45, 2.75) is 25.3 Å². The van der Waals surface area contributed by atoms with Gasteiger partial charge in [0.15, 0.2) is 0 Å². The third kappa shape index (κ3) is 5.15. The van der Waals surface area contributed by atoms with E-state index in [9.17, 15) is 13.2 Å². The Morgan fingerprint density at radius 3 is 2.74 bits per heavy atom. The van der Waals surface area contributed by atoms with E-state index in [1.807, 2.05) is 16.0 Å². The fourth-order valence-electron chi connectivity index (χ4n) is 3.46. The predicted octanol–water partition coefficient (Wildman–Crippen LogP) is 2.95. The molecule has 27 heavy (non-hydrogen) atoms. The Hall–Kier alpha value is -1.77. The lowest BCUT2D eigenvalue weighted by atomic mass is 10.0. The minimum absolute atomic E-state index is 0.284. The molecule has 1 aromatic rings. The summed E-state index contributed by atoms with van der Waals surface area (Å²) in [6.45, 7) is 4.04. The Morgan fingerprint density at radius 1 is 1.26 bits per heavy atom. The molecule has 1 unspecified atom stereocenters. The number of nitrogens with zero attached hydrogens (tertiary/aromatic N) is 2. The van der Waals surface area contributed by atoms with E-state index in [-0.39, 0.29) is 12.7 Å². The van der Waals surface area contributed by atoms with Crippen LogP contribution in [0.4, 0.5) is 13.2 Å². The molecule has 2 aliphatic rings. The lowest BCUT2D eigenvalue weighted by molar-refractivity contribution is -0.138. The van der Waals surface area contributed by atoms with E-state index in [1.54, 1.807) is 25.4 Å². The first-order chi connectivity index (χ1) is 13.0. The number of rotatable bonds is 7. The number of methoxy groups -OCH3 is 1. The number of morpholine rings is 1. The minimum atomic E-state index is -4.38. The molecule has 2 aliphatic heterocycles. The molecule has 0 bridgehead atoms. The molecular formula is C19H26F3N3O2. The molecule has 0 aromatic heterocycles. The summed E-state index contributed by atoms with van der Waals surface area (Å²) in [4.78, 5) is 4.00. The van der Waals surface area contributed by atoms with Gasteiger partial charge in [-0.3, -0.25) is 4.90 Å². The van der Waals surface area contributed by atoms with Crippen LogP contribution >= 0.6 is 0 Å². The quantitative estimate of drug-likeness (QED) is 0.731. The zero-order valence-electron chi connectivity index (χ0n) is 15.5. The van der Waals surface area contributed by atoms with E-state index in [0.29, 0.717) is 50.6 Å². The van der Waals surface area contributed by atoms with E-state index in [1.165, 1.54) is 6.07 Å². The van der Waals surface area contributed by atoms with Crippen molar-refractivity contribution < 1.29 is 22.6 Å². The van der Waals surface area contributed by atoms with Crippen LogP contribution in [0, 0.1) is 0 Å². The lowest BCUT2D eigenvalue weighted by Crippen LogP contribution is -2.36. The highest BCUT2D eigenvalue weighted by atomic mass is 19.4. The van der Waals surface area contributed by atoms with Gasteiger partial charge in [-0.15, -0.1) is 0 Å². The number of nitrogens with one attached hydrogen (secondary N) is 1. The molecule has 1 fully saturated rings. The predicted molar refractivity (Wildman–Crippen MR) is 95.8 cm³/mol. The van der Waals surface area contributed by atoms with Crippen LogP contribution in [0.15, 0.2) is 30.6 Å². The van der Waals surface area contributed by atoms with E-state index in [0.717, 1.165) is 6.42 Å². The summed E-state index contributed by atoms with van der Waals surface area (Å²) in [6, 6.07) is 4.68. The smallest absolute Gasteiger partial charge is 0.385 e. The molecule has 2 heterocycles. The van der Waals surface area contributed by atoms with Crippen molar-refractivity contribution in [2.75, 3.05) is 46.6 Å². The van der Waals surface area contributed by atoms with Crippen LogP contribution in [-0.2, 0) is 22.2 Å².